The van der Waals surface area contributed by atoms with Crippen molar-refractivity contribution in [1.29, 1.82) is 0 Å². The molecule has 0 spiro atoms. The molecule has 0 amide bonds. The average molecular weight is 235 g/mol. The molecule has 15 heavy (non-hydrogen) atoms. The third-order valence-electron chi connectivity index (χ3n) is 1.71. The smallest absolute Gasteiger partial charge is 0.270 e. The zero-order valence-corrected chi connectivity index (χ0v) is 8.82. The summed E-state index contributed by atoms with van der Waals surface area (Å²) >= 11 is 0. The number of hydrogen-bond donors (Lipinski definition) is 1. The van der Waals surface area contributed by atoms with E-state index in [1.165, 1.54) is 25.3 Å². The van der Waals surface area contributed by atoms with Gasteiger partial charge < -0.3 is 4.74 Å². The Balaban J connectivity index is 0.00000196. The number of ether oxygens (including phenoxy) is 1. The summed E-state index contributed by atoms with van der Waals surface area (Å²) in [7, 11) is 1.47. The highest BCUT2D eigenvalue weighted by atomic mass is 35.5. The van der Waals surface area contributed by atoms with Crippen LogP contribution in [0, 0.1) is 10.1 Å². The third-order valence-corrected chi connectivity index (χ3v) is 1.71. The molecule has 0 saturated carbocycles. The lowest BCUT2D eigenvalue weighted by Crippen LogP contribution is -2.02. The van der Waals surface area contributed by atoms with Crippen molar-refractivity contribution in [3.8, 4) is 5.75 Å². The van der Waals surface area contributed by atoms with Crippen molar-refractivity contribution < 1.29 is 14.5 Å². The van der Waals surface area contributed by atoms with Crippen LogP contribution in [-0.2, 0) is 11.4 Å². The lowest BCUT2D eigenvalue weighted by Gasteiger charge is -2.06. The number of hydrogen-bond acceptors (Lipinski definition) is 5. The van der Waals surface area contributed by atoms with Crippen LogP contribution in [0.1, 0.15) is 5.56 Å². The summed E-state index contributed by atoms with van der Waals surface area (Å²) < 4.78 is 4.97. The second-order valence-electron chi connectivity index (χ2n) is 2.56. The topological polar surface area (TPSA) is 87.6 Å². The van der Waals surface area contributed by atoms with E-state index in [-0.39, 0.29) is 24.7 Å². The minimum Gasteiger partial charge on any atom is -0.496 e. The molecule has 1 rings (SSSR count). The molecule has 0 aliphatic heterocycles. The molecule has 0 bridgehead atoms. The first-order valence-corrected chi connectivity index (χ1v) is 3.82. The van der Waals surface area contributed by atoms with E-state index in [9.17, 15) is 10.1 Å². The molecule has 1 aromatic rings. The Morgan fingerprint density at radius 3 is 2.67 bits per heavy atom. The maximum Gasteiger partial charge on any atom is 0.270 e. The van der Waals surface area contributed by atoms with Crippen LogP contribution < -0.4 is 10.6 Å². The van der Waals surface area contributed by atoms with Crippen molar-refractivity contribution >= 4 is 18.1 Å². The van der Waals surface area contributed by atoms with Gasteiger partial charge >= 0.3 is 0 Å². The molecule has 0 fully saturated rings. The highest BCUT2D eigenvalue weighted by Gasteiger charge is 2.10. The number of nitro groups is 1. The lowest BCUT2D eigenvalue weighted by atomic mass is 10.2. The Bertz CT molecular complexity index is 345. The molecule has 1 aromatic carbocycles. The monoisotopic (exact) mass is 234 g/mol. The molecular formula is C8H11ClN2O4. The Kier molecular flexibility index (Phi) is 5.61. The van der Waals surface area contributed by atoms with Gasteiger partial charge in [0.1, 0.15) is 5.75 Å². The molecule has 0 radical (unpaired) electrons. The highest BCUT2D eigenvalue weighted by molar-refractivity contribution is 5.85. The van der Waals surface area contributed by atoms with Crippen LogP contribution in [0.25, 0.3) is 0 Å². The average Bonchev–Trinajstić information content (AvgIpc) is 2.18. The SMILES string of the molecule is COc1ccc([N+](=O)[O-])cc1CON.Cl. The zero-order valence-electron chi connectivity index (χ0n) is 8.00. The Morgan fingerprint density at radius 1 is 1.53 bits per heavy atom. The van der Waals surface area contributed by atoms with Crippen LogP contribution in [0.4, 0.5) is 5.69 Å². The quantitative estimate of drug-likeness (QED) is 0.629. The van der Waals surface area contributed by atoms with Gasteiger partial charge in [0.25, 0.3) is 5.69 Å². The zero-order chi connectivity index (χ0) is 10.6. The van der Waals surface area contributed by atoms with Crippen molar-refractivity contribution in [2.75, 3.05) is 7.11 Å². The molecule has 7 heteroatoms. The first kappa shape index (κ1) is 13.6. The fraction of sp³-hybridized carbons (Fsp3) is 0.250. The summed E-state index contributed by atoms with van der Waals surface area (Å²) in [5.74, 6) is 5.40. The van der Waals surface area contributed by atoms with Crippen molar-refractivity contribution in [3.63, 3.8) is 0 Å². The van der Waals surface area contributed by atoms with E-state index in [0.29, 0.717) is 11.3 Å². The number of benzene rings is 1. The van der Waals surface area contributed by atoms with Gasteiger partial charge in [0.2, 0.25) is 0 Å². The number of nitro benzene ring substituents is 1. The van der Waals surface area contributed by atoms with Gasteiger partial charge in [-0.2, -0.15) is 0 Å². The van der Waals surface area contributed by atoms with Crippen molar-refractivity contribution in [2.45, 2.75) is 6.61 Å². The predicted octanol–water partition coefficient (Wildman–Crippen LogP) is 1.42. The summed E-state index contributed by atoms with van der Waals surface area (Å²) in [4.78, 5) is 14.4. The molecule has 84 valence electrons. The normalized spacial score (nSPS) is 9.20. The van der Waals surface area contributed by atoms with Gasteiger partial charge in [-0.05, 0) is 6.07 Å². The van der Waals surface area contributed by atoms with Gasteiger partial charge in [-0.25, -0.2) is 5.90 Å². The molecule has 0 unspecified atom stereocenters. The van der Waals surface area contributed by atoms with Gasteiger partial charge in [0, 0.05) is 17.7 Å². The van der Waals surface area contributed by atoms with Crippen LogP contribution in [0.5, 0.6) is 5.75 Å². The second-order valence-corrected chi connectivity index (χ2v) is 2.56. The number of halogens is 1. The molecule has 0 atom stereocenters. The van der Waals surface area contributed by atoms with Gasteiger partial charge in [-0.1, -0.05) is 0 Å². The third kappa shape index (κ3) is 3.35. The number of methoxy groups -OCH3 is 1. The predicted molar refractivity (Wildman–Crippen MR) is 55.9 cm³/mol. The summed E-state index contributed by atoms with van der Waals surface area (Å²) in [5.41, 5.74) is 0.530. The molecule has 0 aliphatic carbocycles. The van der Waals surface area contributed by atoms with E-state index < -0.39 is 4.92 Å². The number of nitrogens with zero attached hydrogens (tertiary/aromatic N) is 1. The number of non-ortho nitro benzene ring substituents is 1. The van der Waals surface area contributed by atoms with Crippen LogP contribution >= 0.6 is 12.4 Å². The number of rotatable bonds is 4. The molecule has 0 heterocycles. The van der Waals surface area contributed by atoms with E-state index in [1.54, 1.807) is 0 Å². The van der Waals surface area contributed by atoms with Gasteiger partial charge in [0.05, 0.1) is 18.6 Å². The maximum atomic E-state index is 10.4. The number of nitrogens with two attached hydrogens (primary N) is 1. The lowest BCUT2D eigenvalue weighted by molar-refractivity contribution is -0.385. The van der Waals surface area contributed by atoms with Crippen LogP contribution in [0.15, 0.2) is 18.2 Å². The van der Waals surface area contributed by atoms with E-state index >= 15 is 0 Å². The molecule has 0 aromatic heterocycles. The standard InChI is InChI=1S/C8H10N2O4.ClH/c1-13-8-3-2-7(10(11)12)4-6(8)5-14-9;/h2-4H,5,9H2,1H3;1H. The minimum atomic E-state index is -0.487. The van der Waals surface area contributed by atoms with Gasteiger partial charge in [-0.3, -0.25) is 15.0 Å². The highest BCUT2D eigenvalue weighted by Crippen LogP contribution is 2.24. The van der Waals surface area contributed by atoms with E-state index in [2.05, 4.69) is 4.84 Å². The largest absolute Gasteiger partial charge is 0.496 e. The van der Waals surface area contributed by atoms with Gasteiger partial charge in [0.15, 0.2) is 0 Å². The summed E-state index contributed by atoms with van der Waals surface area (Å²) in [6.45, 7) is 0.0743. The molecule has 2 N–H and O–H groups in total. The first-order valence-electron chi connectivity index (χ1n) is 3.82. The van der Waals surface area contributed by atoms with E-state index in [4.69, 9.17) is 10.6 Å². The van der Waals surface area contributed by atoms with E-state index in [0.717, 1.165) is 0 Å². The first-order chi connectivity index (χ1) is 6.69. The van der Waals surface area contributed by atoms with Crippen molar-refractivity contribution in [3.05, 3.63) is 33.9 Å². The summed E-state index contributed by atoms with van der Waals surface area (Å²) in [6.07, 6.45) is 0. The molecule has 6 nitrogen and oxygen atoms in total. The van der Waals surface area contributed by atoms with E-state index in [1.807, 2.05) is 0 Å². The van der Waals surface area contributed by atoms with Crippen LogP contribution in [0.3, 0.4) is 0 Å². The fourth-order valence-corrected chi connectivity index (χ4v) is 1.08. The minimum absolute atomic E-state index is 0. The molecular weight excluding hydrogens is 224 g/mol. The Morgan fingerprint density at radius 2 is 2.20 bits per heavy atom. The molecule has 0 aliphatic rings. The maximum absolute atomic E-state index is 10.4. The summed E-state index contributed by atoms with van der Waals surface area (Å²) in [6, 6.07) is 4.23. The van der Waals surface area contributed by atoms with Gasteiger partial charge in [-0.15, -0.1) is 12.4 Å². The summed E-state index contributed by atoms with van der Waals surface area (Å²) in [5, 5.41) is 10.4. The van der Waals surface area contributed by atoms with Crippen LogP contribution in [0.2, 0.25) is 0 Å². The molecule has 0 saturated heterocycles. The second kappa shape index (κ2) is 6.18. The van der Waals surface area contributed by atoms with Crippen molar-refractivity contribution in [1.82, 2.24) is 0 Å². The fourth-order valence-electron chi connectivity index (χ4n) is 1.08. The Hall–Kier alpha value is -1.37. The van der Waals surface area contributed by atoms with Crippen LogP contribution in [-0.4, -0.2) is 12.0 Å². The van der Waals surface area contributed by atoms with Crippen molar-refractivity contribution in [2.24, 2.45) is 5.90 Å². The Labute approximate surface area is 92.5 Å².